The third kappa shape index (κ3) is 10.6. The Hall–Kier alpha value is -6.90. The summed E-state index contributed by atoms with van der Waals surface area (Å²) in [5.41, 5.74) is 17.0. The minimum absolute atomic E-state index is 0.0134. The summed E-state index contributed by atoms with van der Waals surface area (Å²) in [4.78, 5) is 30.7. The maximum absolute atomic E-state index is 13.0. The lowest BCUT2D eigenvalue weighted by Gasteiger charge is -2.27. The fourth-order valence-electron chi connectivity index (χ4n) is 9.38. The van der Waals surface area contributed by atoms with Gasteiger partial charge in [0.05, 0.1) is 16.6 Å². The highest BCUT2D eigenvalue weighted by molar-refractivity contribution is 7.85. The summed E-state index contributed by atoms with van der Waals surface area (Å²) in [7, 11) is -4.41. The average Bonchev–Trinajstić information content (AvgIpc) is 3.91. The first kappa shape index (κ1) is 47.6. The molecule has 5 aromatic rings. The second kappa shape index (κ2) is 20.1. The van der Waals surface area contributed by atoms with Crippen LogP contribution in [0.25, 0.3) is 11.2 Å². The molecule has 8 rings (SSSR count). The Kier molecular flexibility index (Phi) is 14.1. The van der Waals surface area contributed by atoms with E-state index in [0.29, 0.717) is 43.0 Å². The van der Waals surface area contributed by atoms with Gasteiger partial charge in [0.15, 0.2) is 11.4 Å². The van der Waals surface area contributed by atoms with E-state index in [4.69, 9.17) is 10.5 Å². The van der Waals surface area contributed by atoms with Crippen molar-refractivity contribution in [3.63, 3.8) is 0 Å². The second-order valence-corrected chi connectivity index (χ2v) is 20.1. The number of aromatic amines is 1. The first-order valence-electron chi connectivity index (χ1n) is 23.3. The van der Waals surface area contributed by atoms with Gasteiger partial charge in [0, 0.05) is 60.4 Å². The standard InChI is InChI=1S/C54H60N8O5S/c1-37-22-28-44-42(32-37)53(2,3)46(62(44)31-15-18-38-16-10-7-6-8-11-17-38)19-14-20-47-54(4,5)43-33-41(68(64,65)66)27-29-45(43)61(47)30-13-9-12-21-48(63)56-34-39-23-25-40(26-24-39)35-67-51-49-50(58-36-57-49)59-52(55)60-51/h6-8,10-11,14,16-17,19-20,22-29,32-33,36H,9,12-13,15,18,21,30-31,34-35H2,1-5H3,(H4-,55,56,57,58,59,60,63,64,65,66)/p+1/b7-6-,8-6?,10-7?,11-8-,16-10?,17-11?,38-16?,38-17?. The summed E-state index contributed by atoms with van der Waals surface area (Å²) < 4.78 is 42.8. The van der Waals surface area contributed by atoms with Crippen molar-refractivity contribution in [2.75, 3.05) is 23.7 Å². The van der Waals surface area contributed by atoms with Gasteiger partial charge >= 0.3 is 0 Å². The van der Waals surface area contributed by atoms with Gasteiger partial charge in [0.25, 0.3) is 10.1 Å². The SMILES string of the molecule is Cc1ccc2c(c1)C(C)(C)C(=CC=CC1=[N+](CCCCCC(=O)NCc3ccc(COc4nc(N)nc5nc[nH]c45)cc3)c3ccc(S(=O)(=O)O)cc3C1(C)C)N2CCCC1=C/C=C\C=C/C=C1. The molecule has 0 fully saturated rings. The number of rotatable bonds is 18. The van der Waals surface area contributed by atoms with Crippen LogP contribution >= 0.6 is 0 Å². The Morgan fingerprint density at radius 2 is 1.69 bits per heavy atom. The van der Waals surface area contributed by atoms with Crippen molar-refractivity contribution in [2.24, 2.45) is 0 Å². The number of nitrogen functional groups attached to an aromatic ring is 1. The number of nitrogens with one attached hydrogen (secondary N) is 2. The smallest absolute Gasteiger partial charge is 0.294 e. The summed E-state index contributed by atoms with van der Waals surface area (Å²) in [5, 5.41) is 3.05. The molecule has 68 heavy (non-hydrogen) atoms. The maximum atomic E-state index is 13.0. The molecule has 2 aromatic heterocycles. The number of hydrogen-bond donors (Lipinski definition) is 4. The number of nitrogens with two attached hydrogens (primary N) is 1. The molecule has 2 aliphatic heterocycles. The lowest BCUT2D eigenvalue weighted by atomic mass is 9.81. The zero-order chi connectivity index (χ0) is 48.1. The highest BCUT2D eigenvalue weighted by Gasteiger charge is 2.45. The zero-order valence-electron chi connectivity index (χ0n) is 39.5. The summed E-state index contributed by atoms with van der Waals surface area (Å²) in [6.07, 6.45) is 27.4. The lowest BCUT2D eigenvalue weighted by molar-refractivity contribution is -0.438. The summed E-state index contributed by atoms with van der Waals surface area (Å²) >= 11 is 0. The van der Waals surface area contributed by atoms with Crippen molar-refractivity contribution in [1.82, 2.24) is 25.3 Å². The van der Waals surface area contributed by atoms with Crippen LogP contribution in [0, 0.1) is 6.92 Å². The lowest BCUT2D eigenvalue weighted by Crippen LogP contribution is -2.28. The fraction of sp³-hybridized carbons (Fsp3) is 0.315. The number of aromatic nitrogens is 4. The minimum Gasteiger partial charge on any atom is -0.471 e. The van der Waals surface area contributed by atoms with E-state index in [0.717, 1.165) is 60.3 Å². The maximum Gasteiger partial charge on any atom is 0.294 e. The third-order valence-electron chi connectivity index (χ3n) is 13.1. The molecule has 13 nitrogen and oxygen atoms in total. The van der Waals surface area contributed by atoms with Crippen LogP contribution < -0.4 is 20.7 Å². The highest BCUT2D eigenvalue weighted by atomic mass is 32.2. The molecular weight excluding hydrogens is 873 g/mol. The predicted molar refractivity (Wildman–Crippen MR) is 270 cm³/mol. The topological polar surface area (TPSA) is 179 Å². The van der Waals surface area contributed by atoms with E-state index in [1.165, 1.54) is 40.5 Å². The number of unbranched alkanes of at least 4 members (excludes halogenated alkanes) is 2. The number of carbonyl (C=O) groups excluding carboxylic acids is 1. The number of benzene rings is 3. The molecule has 1 aliphatic carbocycles. The van der Waals surface area contributed by atoms with Crippen LogP contribution in [0.3, 0.4) is 0 Å². The molecule has 0 bridgehead atoms. The van der Waals surface area contributed by atoms with E-state index in [9.17, 15) is 17.8 Å². The van der Waals surface area contributed by atoms with Crippen LogP contribution in [0.15, 0.2) is 144 Å². The van der Waals surface area contributed by atoms with Crippen molar-refractivity contribution in [2.45, 2.75) is 102 Å². The molecule has 5 N–H and O–H groups in total. The van der Waals surface area contributed by atoms with Crippen LogP contribution in [0.4, 0.5) is 17.3 Å². The molecular formula is C54H61N8O5S+. The van der Waals surface area contributed by atoms with Crippen LogP contribution in [-0.4, -0.2) is 62.2 Å². The van der Waals surface area contributed by atoms with Crippen molar-refractivity contribution in [3.8, 4) is 5.88 Å². The molecule has 3 aromatic carbocycles. The van der Waals surface area contributed by atoms with Crippen molar-refractivity contribution in [3.05, 3.63) is 167 Å². The monoisotopic (exact) mass is 933 g/mol. The molecule has 0 saturated carbocycles. The molecule has 0 saturated heterocycles. The highest BCUT2D eigenvalue weighted by Crippen LogP contribution is 2.48. The number of H-pyrrole nitrogens is 1. The Labute approximate surface area is 399 Å². The molecule has 14 heteroatoms. The number of allylic oxidation sites excluding steroid dienone is 12. The van der Waals surface area contributed by atoms with Crippen LogP contribution in [-0.2, 0) is 38.9 Å². The van der Waals surface area contributed by atoms with Crippen molar-refractivity contribution in [1.29, 1.82) is 0 Å². The number of fused-ring (bicyclic) bond motifs is 3. The largest absolute Gasteiger partial charge is 0.471 e. The van der Waals surface area contributed by atoms with Gasteiger partial charge in [0.2, 0.25) is 23.4 Å². The Bertz CT molecular complexity index is 3050. The number of ether oxygens (including phenoxy) is 1. The molecule has 1 amide bonds. The van der Waals surface area contributed by atoms with Gasteiger partial charge in [-0.05, 0) is 93.0 Å². The van der Waals surface area contributed by atoms with Gasteiger partial charge in [-0.1, -0.05) is 104 Å². The van der Waals surface area contributed by atoms with E-state index in [1.807, 2.05) is 30.3 Å². The Balaban J connectivity index is 0.919. The quantitative estimate of drug-likeness (QED) is 0.0375. The normalized spacial score (nSPS) is 17.6. The summed E-state index contributed by atoms with van der Waals surface area (Å²) in [5.74, 6) is 0.407. The van der Waals surface area contributed by atoms with E-state index < -0.39 is 15.5 Å². The van der Waals surface area contributed by atoms with Crippen LogP contribution in [0.1, 0.15) is 94.0 Å². The molecule has 352 valence electrons. The number of amides is 1. The first-order chi connectivity index (χ1) is 32.6. The van der Waals surface area contributed by atoms with E-state index in [2.05, 4.69) is 142 Å². The number of anilines is 2. The molecule has 0 radical (unpaired) electrons. The number of hydrogen-bond acceptors (Lipinski definition) is 9. The first-order valence-corrected chi connectivity index (χ1v) is 24.7. The van der Waals surface area contributed by atoms with E-state index in [1.54, 1.807) is 12.1 Å². The van der Waals surface area contributed by atoms with Gasteiger partial charge in [-0.25, -0.2) is 4.98 Å². The van der Waals surface area contributed by atoms with Gasteiger partial charge in [0.1, 0.15) is 18.7 Å². The summed E-state index contributed by atoms with van der Waals surface area (Å²) in [6.45, 7) is 13.2. The van der Waals surface area contributed by atoms with Crippen molar-refractivity contribution >= 4 is 50.2 Å². The predicted octanol–water partition coefficient (Wildman–Crippen LogP) is 9.95. The van der Waals surface area contributed by atoms with Gasteiger partial charge in [-0.2, -0.15) is 23.0 Å². The van der Waals surface area contributed by atoms with Gasteiger partial charge in [-0.15, -0.1) is 0 Å². The number of aryl methyl sites for hydroxylation is 1. The Morgan fingerprint density at radius 3 is 2.50 bits per heavy atom. The third-order valence-corrected chi connectivity index (χ3v) is 13.9. The van der Waals surface area contributed by atoms with Crippen LogP contribution in [0.2, 0.25) is 0 Å². The zero-order valence-corrected chi connectivity index (χ0v) is 40.3. The number of nitrogens with zero attached hydrogens (tertiary/aromatic N) is 5. The van der Waals surface area contributed by atoms with Gasteiger partial charge < -0.3 is 25.7 Å². The van der Waals surface area contributed by atoms with Gasteiger partial charge in [-0.3, -0.25) is 9.35 Å². The van der Waals surface area contributed by atoms with E-state index in [-0.39, 0.29) is 28.8 Å². The van der Waals surface area contributed by atoms with Crippen LogP contribution in [0.5, 0.6) is 5.88 Å². The average molecular weight is 934 g/mol. The number of imidazole rings is 1. The number of carbonyl (C=O) groups is 1. The molecule has 0 unspecified atom stereocenters. The fourth-order valence-corrected chi connectivity index (χ4v) is 9.89. The molecule has 4 heterocycles. The summed E-state index contributed by atoms with van der Waals surface area (Å²) in [6, 6.07) is 19.5. The minimum atomic E-state index is -4.41. The molecule has 3 aliphatic rings. The molecule has 0 atom stereocenters. The van der Waals surface area contributed by atoms with Crippen molar-refractivity contribution < 1.29 is 27.1 Å². The molecule has 0 spiro atoms. The Morgan fingerprint density at radius 1 is 0.912 bits per heavy atom. The second-order valence-electron chi connectivity index (χ2n) is 18.7. The van der Waals surface area contributed by atoms with E-state index >= 15 is 0 Å².